The number of hydrogen-bond donors (Lipinski definition) is 2. The van der Waals surface area contributed by atoms with Crippen LogP contribution in [-0.2, 0) is 24.3 Å². The summed E-state index contributed by atoms with van der Waals surface area (Å²) in [5.74, 6) is -0.841. The van der Waals surface area contributed by atoms with Crippen molar-refractivity contribution in [3.8, 4) is 11.5 Å². The highest BCUT2D eigenvalue weighted by atomic mass is 32.2. The van der Waals surface area contributed by atoms with Gasteiger partial charge in [-0.1, -0.05) is 0 Å². The molecule has 1 atom stereocenters. The van der Waals surface area contributed by atoms with E-state index in [-0.39, 0.29) is 29.8 Å². The molecule has 2 N–H and O–H groups in total. The molecule has 29 heavy (non-hydrogen) atoms. The number of sulfonamides is 1. The summed E-state index contributed by atoms with van der Waals surface area (Å²) < 4.78 is 43.4. The van der Waals surface area contributed by atoms with Crippen LogP contribution in [0, 0.1) is 0 Å². The van der Waals surface area contributed by atoms with Gasteiger partial charge >= 0.3 is 11.8 Å². The molecule has 1 saturated heterocycles. The molecule has 11 heteroatoms. The second-order valence-electron chi connectivity index (χ2n) is 6.77. The summed E-state index contributed by atoms with van der Waals surface area (Å²) in [5.41, 5.74) is 0. The van der Waals surface area contributed by atoms with Crippen molar-refractivity contribution in [2.45, 2.75) is 36.4 Å². The van der Waals surface area contributed by atoms with Crippen molar-refractivity contribution < 1.29 is 32.2 Å². The molecule has 0 radical (unpaired) electrons. The van der Waals surface area contributed by atoms with E-state index in [0.717, 1.165) is 12.8 Å². The van der Waals surface area contributed by atoms with Crippen molar-refractivity contribution in [1.29, 1.82) is 0 Å². The Morgan fingerprint density at radius 2 is 1.90 bits per heavy atom. The lowest BCUT2D eigenvalue weighted by atomic mass is 10.3. The van der Waals surface area contributed by atoms with Crippen molar-refractivity contribution in [3.63, 3.8) is 0 Å². The van der Waals surface area contributed by atoms with E-state index in [1.807, 2.05) is 0 Å². The Balaban J connectivity index is 1.72. The average Bonchev–Trinajstić information content (AvgIpc) is 3.55. The first-order chi connectivity index (χ1) is 13.9. The maximum absolute atomic E-state index is 13.2. The lowest BCUT2D eigenvalue weighted by molar-refractivity contribution is -0.140. The molecule has 0 bridgehead atoms. The van der Waals surface area contributed by atoms with E-state index < -0.39 is 28.1 Å². The predicted octanol–water partition coefficient (Wildman–Crippen LogP) is -0.164. The molecular weight excluding hydrogens is 402 g/mol. The molecule has 0 spiro atoms. The number of carbonyl (C=O) groups is 2. The SMILES string of the molecule is COc1ccc(S(=O)(=O)N2CCCO[C@@H]2CNC(=O)C(=O)NC2CC2)cc1OC. The third-order valence-corrected chi connectivity index (χ3v) is 6.56. The minimum absolute atomic E-state index is 0.0171. The molecule has 1 aromatic rings. The van der Waals surface area contributed by atoms with Gasteiger partial charge in [0.05, 0.1) is 32.3 Å². The number of nitrogens with zero attached hydrogens (tertiary/aromatic N) is 1. The summed E-state index contributed by atoms with van der Waals surface area (Å²) in [7, 11) is -1.04. The van der Waals surface area contributed by atoms with Crippen LogP contribution in [0.2, 0.25) is 0 Å². The zero-order chi connectivity index (χ0) is 21.0. The van der Waals surface area contributed by atoms with Crippen LogP contribution in [0.15, 0.2) is 23.1 Å². The number of nitrogens with one attached hydrogen (secondary N) is 2. The number of rotatable bonds is 7. The Hall–Kier alpha value is -2.37. The van der Waals surface area contributed by atoms with Crippen LogP contribution in [-0.4, -0.2) is 70.7 Å². The highest BCUT2D eigenvalue weighted by molar-refractivity contribution is 7.89. The van der Waals surface area contributed by atoms with Crippen LogP contribution in [0.5, 0.6) is 11.5 Å². The molecule has 2 fully saturated rings. The number of benzene rings is 1. The average molecular weight is 427 g/mol. The van der Waals surface area contributed by atoms with E-state index in [4.69, 9.17) is 14.2 Å². The molecule has 10 nitrogen and oxygen atoms in total. The Morgan fingerprint density at radius 1 is 1.17 bits per heavy atom. The van der Waals surface area contributed by atoms with Gasteiger partial charge in [0, 0.05) is 18.7 Å². The van der Waals surface area contributed by atoms with Gasteiger partial charge in [-0.3, -0.25) is 9.59 Å². The van der Waals surface area contributed by atoms with Gasteiger partial charge < -0.3 is 24.8 Å². The Bertz CT molecular complexity index is 870. The van der Waals surface area contributed by atoms with Crippen molar-refractivity contribution in [3.05, 3.63) is 18.2 Å². The summed E-state index contributed by atoms with van der Waals surface area (Å²) in [5, 5.41) is 5.04. The van der Waals surface area contributed by atoms with E-state index in [0.29, 0.717) is 18.8 Å². The maximum Gasteiger partial charge on any atom is 0.309 e. The third-order valence-electron chi connectivity index (χ3n) is 4.67. The quantitative estimate of drug-likeness (QED) is 0.580. The summed E-state index contributed by atoms with van der Waals surface area (Å²) >= 11 is 0. The first-order valence-corrected chi connectivity index (χ1v) is 10.7. The fourth-order valence-corrected chi connectivity index (χ4v) is 4.54. The molecule has 0 aromatic heterocycles. The number of amides is 2. The minimum atomic E-state index is -3.92. The van der Waals surface area contributed by atoms with Crippen molar-refractivity contribution in [2.24, 2.45) is 0 Å². The molecule has 2 aliphatic rings. The number of ether oxygens (including phenoxy) is 3. The van der Waals surface area contributed by atoms with E-state index in [1.54, 1.807) is 0 Å². The van der Waals surface area contributed by atoms with Gasteiger partial charge in [-0.05, 0) is 31.4 Å². The normalized spacial score (nSPS) is 20.0. The first kappa shape index (κ1) is 21.3. The summed E-state index contributed by atoms with van der Waals surface area (Å²) in [6.45, 7) is 0.446. The van der Waals surface area contributed by atoms with Gasteiger partial charge in [0.1, 0.15) is 6.23 Å². The molecule has 3 rings (SSSR count). The van der Waals surface area contributed by atoms with Crippen LogP contribution in [0.3, 0.4) is 0 Å². The molecular formula is C18H25N3O7S. The molecule has 1 saturated carbocycles. The molecule has 1 heterocycles. The molecule has 2 amide bonds. The van der Waals surface area contributed by atoms with Crippen LogP contribution in [0.4, 0.5) is 0 Å². The highest BCUT2D eigenvalue weighted by Crippen LogP contribution is 2.31. The number of methoxy groups -OCH3 is 2. The lowest BCUT2D eigenvalue weighted by Gasteiger charge is -2.34. The molecule has 1 aromatic carbocycles. The fourth-order valence-electron chi connectivity index (χ4n) is 2.95. The lowest BCUT2D eigenvalue weighted by Crippen LogP contribution is -2.53. The molecule has 1 aliphatic carbocycles. The largest absolute Gasteiger partial charge is 0.493 e. The zero-order valence-corrected chi connectivity index (χ0v) is 17.2. The highest BCUT2D eigenvalue weighted by Gasteiger charge is 2.35. The summed E-state index contributed by atoms with van der Waals surface area (Å²) in [4.78, 5) is 23.7. The second kappa shape index (κ2) is 8.97. The standard InChI is InChI=1S/C18H25N3O7S/c1-26-14-7-6-13(10-15(14)27-2)29(24,25)21-8-3-9-28-16(21)11-19-17(22)18(23)20-12-4-5-12/h6-7,10,12,16H,3-5,8-9,11H2,1-2H3,(H,19,22)(H,20,23)/t16-/m1/s1. The Morgan fingerprint density at radius 3 is 2.55 bits per heavy atom. The zero-order valence-electron chi connectivity index (χ0n) is 16.3. The van der Waals surface area contributed by atoms with Gasteiger partial charge in [0.2, 0.25) is 10.0 Å². The monoisotopic (exact) mass is 427 g/mol. The predicted molar refractivity (Wildman–Crippen MR) is 102 cm³/mol. The van der Waals surface area contributed by atoms with E-state index in [9.17, 15) is 18.0 Å². The third kappa shape index (κ3) is 4.98. The molecule has 1 aliphatic heterocycles. The number of hydrogen-bond acceptors (Lipinski definition) is 7. The van der Waals surface area contributed by atoms with Crippen molar-refractivity contribution in [2.75, 3.05) is 33.9 Å². The van der Waals surface area contributed by atoms with E-state index in [2.05, 4.69) is 10.6 Å². The van der Waals surface area contributed by atoms with Crippen molar-refractivity contribution >= 4 is 21.8 Å². The van der Waals surface area contributed by atoms with Crippen LogP contribution in [0.1, 0.15) is 19.3 Å². The van der Waals surface area contributed by atoms with Gasteiger partial charge in [0.25, 0.3) is 0 Å². The maximum atomic E-state index is 13.2. The topological polar surface area (TPSA) is 123 Å². The van der Waals surface area contributed by atoms with Crippen molar-refractivity contribution in [1.82, 2.24) is 14.9 Å². The van der Waals surface area contributed by atoms with Gasteiger partial charge in [-0.2, -0.15) is 4.31 Å². The van der Waals surface area contributed by atoms with E-state index >= 15 is 0 Å². The second-order valence-corrected chi connectivity index (χ2v) is 8.66. The van der Waals surface area contributed by atoms with Gasteiger partial charge in [0.15, 0.2) is 11.5 Å². The smallest absolute Gasteiger partial charge is 0.309 e. The minimum Gasteiger partial charge on any atom is -0.493 e. The molecule has 0 unspecified atom stereocenters. The van der Waals surface area contributed by atoms with Crippen LogP contribution < -0.4 is 20.1 Å². The fraction of sp³-hybridized carbons (Fsp3) is 0.556. The number of carbonyl (C=O) groups excluding carboxylic acids is 2. The van der Waals surface area contributed by atoms with Crippen LogP contribution in [0.25, 0.3) is 0 Å². The van der Waals surface area contributed by atoms with Crippen LogP contribution >= 0.6 is 0 Å². The van der Waals surface area contributed by atoms with Gasteiger partial charge in [-0.25, -0.2) is 8.42 Å². The van der Waals surface area contributed by atoms with Gasteiger partial charge in [-0.15, -0.1) is 0 Å². The Kier molecular flexibility index (Phi) is 6.60. The first-order valence-electron chi connectivity index (χ1n) is 9.31. The summed E-state index contributed by atoms with van der Waals surface area (Å²) in [6.07, 6.45) is 1.32. The molecule has 160 valence electrons. The van der Waals surface area contributed by atoms with E-state index in [1.165, 1.54) is 36.7 Å². The Labute approximate surface area is 169 Å². The summed E-state index contributed by atoms with van der Waals surface area (Å²) in [6, 6.07) is 4.36.